The van der Waals surface area contributed by atoms with Gasteiger partial charge < -0.3 is 8.92 Å². The van der Waals surface area contributed by atoms with Crippen molar-refractivity contribution in [3.8, 4) is 5.75 Å². The van der Waals surface area contributed by atoms with E-state index in [1.165, 1.54) is 0 Å². The van der Waals surface area contributed by atoms with Gasteiger partial charge in [0.25, 0.3) is 0 Å². The van der Waals surface area contributed by atoms with Crippen LogP contribution in [0.1, 0.15) is 23.5 Å². The van der Waals surface area contributed by atoms with E-state index in [1.807, 2.05) is 0 Å². The van der Waals surface area contributed by atoms with Gasteiger partial charge in [-0.3, -0.25) is 0 Å². The van der Waals surface area contributed by atoms with Crippen LogP contribution in [0.3, 0.4) is 0 Å². The maximum atomic E-state index is 13.2. The zero-order chi connectivity index (χ0) is 13.2. The molecule has 1 aromatic rings. The van der Waals surface area contributed by atoms with Crippen LogP contribution >= 0.6 is 22.0 Å². The number of hydrogen-bond donors (Lipinski definition) is 0. The van der Waals surface area contributed by atoms with Crippen molar-refractivity contribution in [3.63, 3.8) is 0 Å². The van der Waals surface area contributed by atoms with Crippen molar-refractivity contribution in [2.24, 2.45) is 0 Å². The minimum absolute atomic E-state index is 0.291. The normalized spacial score (nSPS) is 11.6. The Morgan fingerprint density at radius 2 is 2.12 bits per heavy atom. The van der Waals surface area contributed by atoms with E-state index in [4.69, 9.17) is 15.4 Å². The average molecular weight is 303 g/mol. The highest BCUT2D eigenvalue weighted by Gasteiger charge is 2.25. The maximum Gasteiger partial charge on any atom is 0.401 e. The SMILES string of the molecule is CC(C)OC(=O)c1scc(F)c1OS(=O)(=O)Cl. The molecule has 0 spiro atoms. The molecule has 0 aliphatic heterocycles. The van der Waals surface area contributed by atoms with Crippen LogP contribution < -0.4 is 4.18 Å². The molecule has 0 saturated heterocycles. The molecule has 0 fully saturated rings. The first-order valence-electron chi connectivity index (χ1n) is 4.32. The maximum absolute atomic E-state index is 13.2. The van der Waals surface area contributed by atoms with Gasteiger partial charge in [-0.2, -0.15) is 8.42 Å². The lowest BCUT2D eigenvalue weighted by Crippen LogP contribution is -2.12. The predicted molar refractivity (Wildman–Crippen MR) is 60.2 cm³/mol. The lowest BCUT2D eigenvalue weighted by molar-refractivity contribution is 0.0381. The first-order valence-corrected chi connectivity index (χ1v) is 7.44. The third-order valence-electron chi connectivity index (χ3n) is 1.41. The van der Waals surface area contributed by atoms with Crippen molar-refractivity contribution in [3.05, 3.63) is 16.1 Å². The van der Waals surface area contributed by atoms with Crippen LogP contribution in [0, 0.1) is 5.82 Å². The third-order valence-corrected chi connectivity index (χ3v) is 2.88. The summed E-state index contributed by atoms with van der Waals surface area (Å²) in [5, 5.41) is 0.925. The molecule has 0 atom stereocenters. The minimum atomic E-state index is -4.42. The minimum Gasteiger partial charge on any atom is -0.459 e. The van der Waals surface area contributed by atoms with Crippen LogP contribution in [-0.2, 0) is 14.1 Å². The summed E-state index contributed by atoms with van der Waals surface area (Å²) in [7, 11) is 0.392. The Balaban J connectivity index is 3.06. The van der Waals surface area contributed by atoms with Gasteiger partial charge in [0.15, 0.2) is 10.7 Å². The monoisotopic (exact) mass is 302 g/mol. The van der Waals surface area contributed by atoms with Crippen molar-refractivity contribution in [2.75, 3.05) is 0 Å². The second-order valence-electron chi connectivity index (χ2n) is 3.17. The second kappa shape index (κ2) is 5.19. The zero-order valence-corrected chi connectivity index (χ0v) is 11.2. The number of halogens is 2. The fourth-order valence-electron chi connectivity index (χ4n) is 0.912. The summed E-state index contributed by atoms with van der Waals surface area (Å²) in [6.07, 6.45) is -0.423. The molecule has 1 rings (SSSR count). The van der Waals surface area contributed by atoms with Crippen LogP contribution in [-0.4, -0.2) is 20.5 Å². The number of ether oxygens (including phenoxy) is 1. The molecule has 96 valence electrons. The first-order chi connectivity index (χ1) is 7.70. The van der Waals surface area contributed by atoms with E-state index in [9.17, 15) is 17.6 Å². The number of hydrogen-bond acceptors (Lipinski definition) is 6. The number of carbonyl (C=O) groups is 1. The van der Waals surface area contributed by atoms with Gasteiger partial charge in [0.2, 0.25) is 5.75 Å². The largest absolute Gasteiger partial charge is 0.459 e. The molecule has 0 aromatic carbocycles. The van der Waals surface area contributed by atoms with E-state index < -0.39 is 33.0 Å². The van der Waals surface area contributed by atoms with E-state index >= 15 is 0 Å². The fraction of sp³-hybridized carbons (Fsp3) is 0.375. The molecular weight excluding hydrogens is 295 g/mol. The Morgan fingerprint density at radius 1 is 1.53 bits per heavy atom. The molecular formula is C8H8ClFO5S2. The molecule has 5 nitrogen and oxygen atoms in total. The van der Waals surface area contributed by atoms with Gasteiger partial charge in [0.1, 0.15) is 0 Å². The number of rotatable bonds is 4. The molecule has 17 heavy (non-hydrogen) atoms. The Bertz CT molecular complexity index is 522. The summed E-state index contributed by atoms with van der Waals surface area (Å²) in [5.74, 6) is -2.60. The Hall–Kier alpha value is -0.860. The average Bonchev–Trinajstić information content (AvgIpc) is 2.44. The van der Waals surface area contributed by atoms with E-state index in [2.05, 4.69) is 4.18 Å². The summed E-state index contributed by atoms with van der Waals surface area (Å²) in [6, 6.07) is 0. The molecule has 0 radical (unpaired) electrons. The first kappa shape index (κ1) is 14.2. The van der Waals surface area contributed by atoms with E-state index in [0.717, 1.165) is 5.38 Å². The fourth-order valence-corrected chi connectivity index (χ4v) is 2.23. The molecule has 0 unspecified atom stereocenters. The van der Waals surface area contributed by atoms with E-state index in [-0.39, 0.29) is 4.88 Å². The van der Waals surface area contributed by atoms with Crippen LogP contribution in [0.2, 0.25) is 0 Å². The van der Waals surface area contributed by atoms with Crippen molar-refractivity contribution >= 4 is 37.3 Å². The summed E-state index contributed by atoms with van der Waals surface area (Å²) < 4.78 is 43.5. The Morgan fingerprint density at radius 3 is 2.59 bits per heavy atom. The molecule has 1 aromatic heterocycles. The summed E-state index contributed by atoms with van der Waals surface area (Å²) >= 11 is 0.669. The highest BCUT2D eigenvalue weighted by atomic mass is 35.7. The molecule has 1 heterocycles. The van der Waals surface area contributed by atoms with Gasteiger partial charge in [-0.25, -0.2) is 9.18 Å². The van der Waals surface area contributed by atoms with Crippen molar-refractivity contribution in [1.29, 1.82) is 0 Å². The summed E-state index contributed by atoms with van der Waals surface area (Å²) in [5.41, 5.74) is 0. The Kier molecular flexibility index (Phi) is 4.34. The van der Waals surface area contributed by atoms with Gasteiger partial charge in [-0.05, 0) is 13.8 Å². The molecule has 0 N–H and O–H groups in total. The van der Waals surface area contributed by atoms with Crippen molar-refractivity contribution < 1.29 is 26.5 Å². The van der Waals surface area contributed by atoms with Gasteiger partial charge >= 0.3 is 15.3 Å². The number of esters is 1. The van der Waals surface area contributed by atoms with Crippen LogP contribution in [0.5, 0.6) is 5.75 Å². The predicted octanol–water partition coefficient (Wildman–Crippen LogP) is 2.31. The van der Waals surface area contributed by atoms with Crippen molar-refractivity contribution in [2.45, 2.75) is 20.0 Å². The molecule has 0 bridgehead atoms. The van der Waals surface area contributed by atoms with Crippen LogP contribution in [0.4, 0.5) is 4.39 Å². The van der Waals surface area contributed by atoms with Crippen LogP contribution in [0.15, 0.2) is 5.38 Å². The third kappa shape index (κ3) is 4.14. The topological polar surface area (TPSA) is 69.7 Å². The highest BCUT2D eigenvalue weighted by Crippen LogP contribution is 2.31. The molecule has 0 aliphatic carbocycles. The Labute approximate surface area is 106 Å². The second-order valence-corrected chi connectivity index (χ2v) is 6.14. The standard InChI is InChI=1S/C8H8ClFO5S2/c1-4(2)14-8(11)7-6(5(10)3-16-7)15-17(9,12)13/h3-4H,1-2H3. The lowest BCUT2D eigenvalue weighted by Gasteiger charge is -2.07. The molecule has 0 saturated carbocycles. The molecule has 0 aliphatic rings. The summed E-state index contributed by atoms with van der Waals surface area (Å²) in [4.78, 5) is 11.2. The summed E-state index contributed by atoms with van der Waals surface area (Å²) in [6.45, 7) is 3.20. The highest BCUT2D eigenvalue weighted by molar-refractivity contribution is 8.10. The molecule has 9 heteroatoms. The zero-order valence-electron chi connectivity index (χ0n) is 8.77. The van der Waals surface area contributed by atoms with Gasteiger partial charge in [-0.1, -0.05) is 0 Å². The van der Waals surface area contributed by atoms with Gasteiger partial charge in [-0.15, -0.1) is 11.3 Å². The van der Waals surface area contributed by atoms with E-state index in [0.29, 0.717) is 11.3 Å². The van der Waals surface area contributed by atoms with Gasteiger partial charge in [0.05, 0.1) is 16.8 Å². The number of thiophene rings is 1. The van der Waals surface area contributed by atoms with E-state index in [1.54, 1.807) is 13.8 Å². The number of carbonyl (C=O) groups excluding carboxylic acids is 1. The van der Waals surface area contributed by atoms with Crippen LogP contribution in [0.25, 0.3) is 0 Å². The molecule has 0 amide bonds. The smallest absolute Gasteiger partial charge is 0.401 e. The van der Waals surface area contributed by atoms with Gasteiger partial charge in [0, 0.05) is 5.38 Å². The lowest BCUT2D eigenvalue weighted by atomic mass is 10.4. The quantitative estimate of drug-likeness (QED) is 0.630. The van der Waals surface area contributed by atoms with Crippen molar-refractivity contribution in [1.82, 2.24) is 0 Å².